The zero-order valence-electron chi connectivity index (χ0n) is 21.6. The number of fused-ring (bicyclic) bond motifs is 1. The second kappa shape index (κ2) is 12.3. The predicted octanol–water partition coefficient (Wildman–Crippen LogP) is 1.59. The molecule has 3 rings (SSSR count). The Morgan fingerprint density at radius 1 is 1.03 bits per heavy atom. The van der Waals surface area contributed by atoms with Crippen LogP contribution in [0.2, 0.25) is 0 Å². The smallest absolute Gasteiger partial charge is 0.246 e. The second-order valence-electron chi connectivity index (χ2n) is 9.97. The van der Waals surface area contributed by atoms with Crippen LogP contribution in [-0.2, 0) is 30.5 Å². The molecule has 0 spiro atoms. The maximum atomic E-state index is 13.5. The standard InChI is InChI=1S/C27H38N4O5/c1-16(28-4)25(34)30-22-11-6-5-10-21-12-13-23(31(21)27(22)36)26(35)29-15-19-8-7-9-20(14-19)24(17(2)32)18(3)33/h7-9,14,16,21-24,28H,5-6,10-13,15H2,1-4H3,(H,29,35)(H,30,34)/t16?,21-,22-,23-/m0/s1. The average molecular weight is 499 g/mol. The Labute approximate surface area is 212 Å². The minimum absolute atomic E-state index is 0.00936. The maximum absolute atomic E-state index is 13.5. The van der Waals surface area contributed by atoms with Crippen LogP contribution >= 0.6 is 0 Å². The SMILES string of the molecule is CNC(C)C(=O)N[C@H]1CCCC[C@H]2CC[C@@H](C(=O)NCc3cccc(C(C(C)=O)C(C)=O)c3)N2C1=O. The Hall–Kier alpha value is -3.07. The van der Waals surface area contributed by atoms with Gasteiger partial charge in [0, 0.05) is 12.6 Å². The highest BCUT2D eigenvalue weighted by atomic mass is 16.2. The minimum atomic E-state index is -0.812. The van der Waals surface area contributed by atoms with Gasteiger partial charge >= 0.3 is 0 Å². The summed E-state index contributed by atoms with van der Waals surface area (Å²) in [4.78, 5) is 64.8. The molecule has 0 aromatic heterocycles. The summed E-state index contributed by atoms with van der Waals surface area (Å²) in [6, 6.07) is 5.44. The van der Waals surface area contributed by atoms with Crippen molar-refractivity contribution in [2.75, 3.05) is 7.05 Å². The Morgan fingerprint density at radius 2 is 1.72 bits per heavy atom. The van der Waals surface area contributed by atoms with Gasteiger partial charge in [-0.25, -0.2) is 0 Å². The molecule has 2 heterocycles. The van der Waals surface area contributed by atoms with Crippen molar-refractivity contribution in [1.29, 1.82) is 0 Å². The first-order chi connectivity index (χ1) is 17.1. The topological polar surface area (TPSA) is 125 Å². The first kappa shape index (κ1) is 27.5. The fourth-order valence-corrected chi connectivity index (χ4v) is 5.30. The summed E-state index contributed by atoms with van der Waals surface area (Å²) in [5, 5.41) is 8.70. The summed E-state index contributed by atoms with van der Waals surface area (Å²) in [5.41, 5.74) is 1.38. The molecule has 0 bridgehead atoms. The molecule has 0 aliphatic carbocycles. The molecule has 36 heavy (non-hydrogen) atoms. The number of likely N-dealkylation sites (N-methyl/N-ethyl adjacent to an activating group) is 1. The van der Waals surface area contributed by atoms with Crippen molar-refractivity contribution in [1.82, 2.24) is 20.9 Å². The lowest BCUT2D eigenvalue weighted by Gasteiger charge is -2.35. The molecule has 3 amide bonds. The van der Waals surface area contributed by atoms with Crippen LogP contribution in [0, 0.1) is 0 Å². The van der Waals surface area contributed by atoms with Gasteiger partial charge in [-0.1, -0.05) is 37.1 Å². The average Bonchev–Trinajstić information content (AvgIpc) is 3.25. The van der Waals surface area contributed by atoms with Gasteiger partial charge in [0.15, 0.2) is 0 Å². The van der Waals surface area contributed by atoms with Crippen molar-refractivity contribution < 1.29 is 24.0 Å². The molecule has 3 N–H and O–H groups in total. The van der Waals surface area contributed by atoms with Crippen LogP contribution in [-0.4, -0.2) is 65.4 Å². The fourth-order valence-electron chi connectivity index (χ4n) is 5.30. The molecule has 1 unspecified atom stereocenters. The zero-order chi connectivity index (χ0) is 26.4. The fraction of sp³-hybridized carbons (Fsp3) is 0.593. The Kier molecular flexibility index (Phi) is 9.37. The molecule has 1 aromatic rings. The molecule has 9 nitrogen and oxygen atoms in total. The molecule has 2 aliphatic rings. The van der Waals surface area contributed by atoms with Crippen molar-refractivity contribution in [3.8, 4) is 0 Å². The van der Waals surface area contributed by atoms with Gasteiger partial charge in [0.1, 0.15) is 29.6 Å². The highest BCUT2D eigenvalue weighted by Crippen LogP contribution is 2.31. The minimum Gasteiger partial charge on any atom is -0.350 e. The van der Waals surface area contributed by atoms with Crippen molar-refractivity contribution in [3.05, 3.63) is 35.4 Å². The lowest BCUT2D eigenvalue weighted by molar-refractivity contribution is -0.144. The third-order valence-corrected chi connectivity index (χ3v) is 7.34. The van der Waals surface area contributed by atoms with Gasteiger partial charge in [-0.3, -0.25) is 24.0 Å². The van der Waals surface area contributed by atoms with Gasteiger partial charge in [-0.15, -0.1) is 0 Å². The van der Waals surface area contributed by atoms with Gasteiger partial charge in [0.2, 0.25) is 17.7 Å². The highest BCUT2D eigenvalue weighted by Gasteiger charge is 2.43. The summed E-state index contributed by atoms with van der Waals surface area (Å²) >= 11 is 0. The second-order valence-corrected chi connectivity index (χ2v) is 9.97. The third-order valence-electron chi connectivity index (χ3n) is 7.34. The summed E-state index contributed by atoms with van der Waals surface area (Å²) in [6.45, 7) is 4.75. The van der Waals surface area contributed by atoms with Gasteiger partial charge in [0.25, 0.3) is 0 Å². The molecule has 4 atom stereocenters. The number of amides is 3. The van der Waals surface area contributed by atoms with E-state index in [0.717, 1.165) is 31.2 Å². The Morgan fingerprint density at radius 3 is 2.39 bits per heavy atom. The number of hydrogen-bond donors (Lipinski definition) is 3. The zero-order valence-corrected chi connectivity index (χ0v) is 21.6. The quantitative estimate of drug-likeness (QED) is 0.444. The monoisotopic (exact) mass is 498 g/mol. The van der Waals surface area contributed by atoms with Crippen LogP contribution in [0.5, 0.6) is 0 Å². The molecule has 0 saturated carbocycles. The van der Waals surface area contributed by atoms with Crippen molar-refractivity contribution in [3.63, 3.8) is 0 Å². The van der Waals surface area contributed by atoms with Gasteiger partial charge in [-0.05, 0) is 64.6 Å². The van der Waals surface area contributed by atoms with E-state index >= 15 is 0 Å². The molecule has 1 aromatic carbocycles. The summed E-state index contributed by atoms with van der Waals surface area (Å²) in [7, 11) is 1.69. The molecule has 2 saturated heterocycles. The van der Waals surface area contributed by atoms with Gasteiger partial charge in [-0.2, -0.15) is 0 Å². The number of nitrogens with zero attached hydrogens (tertiary/aromatic N) is 1. The van der Waals surface area contributed by atoms with Crippen LogP contribution in [0.1, 0.15) is 76.3 Å². The van der Waals surface area contributed by atoms with E-state index in [1.54, 1.807) is 37.1 Å². The van der Waals surface area contributed by atoms with Gasteiger partial charge < -0.3 is 20.9 Å². The summed E-state index contributed by atoms with van der Waals surface area (Å²) in [5.74, 6) is -1.92. The van der Waals surface area contributed by atoms with E-state index < -0.39 is 24.0 Å². The molecule has 2 aliphatic heterocycles. The molecule has 0 radical (unpaired) electrons. The van der Waals surface area contributed by atoms with E-state index in [0.29, 0.717) is 18.4 Å². The van der Waals surface area contributed by atoms with E-state index in [4.69, 9.17) is 0 Å². The van der Waals surface area contributed by atoms with E-state index in [-0.39, 0.29) is 41.9 Å². The number of hydrogen-bond acceptors (Lipinski definition) is 6. The van der Waals surface area contributed by atoms with Crippen molar-refractivity contribution in [2.24, 2.45) is 0 Å². The van der Waals surface area contributed by atoms with Crippen LogP contribution in [0.4, 0.5) is 0 Å². The summed E-state index contributed by atoms with van der Waals surface area (Å²) in [6.07, 6.45) is 4.53. The number of rotatable bonds is 9. The first-order valence-electron chi connectivity index (χ1n) is 12.8. The molecular formula is C27H38N4O5. The highest BCUT2D eigenvalue weighted by molar-refractivity contribution is 6.05. The molecular weight excluding hydrogens is 460 g/mol. The van der Waals surface area contributed by atoms with E-state index in [1.807, 2.05) is 6.07 Å². The van der Waals surface area contributed by atoms with Crippen LogP contribution in [0.25, 0.3) is 0 Å². The first-order valence-corrected chi connectivity index (χ1v) is 12.8. The van der Waals surface area contributed by atoms with E-state index in [9.17, 15) is 24.0 Å². The van der Waals surface area contributed by atoms with Crippen LogP contribution in [0.15, 0.2) is 24.3 Å². The predicted molar refractivity (Wildman–Crippen MR) is 135 cm³/mol. The number of carbonyl (C=O) groups excluding carboxylic acids is 5. The van der Waals surface area contributed by atoms with Crippen molar-refractivity contribution >= 4 is 29.3 Å². The third kappa shape index (κ3) is 6.37. The number of Topliss-reactive ketones (excluding diaryl/α,β-unsaturated/α-hetero) is 2. The largest absolute Gasteiger partial charge is 0.350 e. The lowest BCUT2D eigenvalue weighted by Crippen LogP contribution is -2.57. The Balaban J connectivity index is 1.70. The number of benzene rings is 1. The molecule has 9 heteroatoms. The molecule has 2 fully saturated rings. The van der Waals surface area contributed by atoms with E-state index in [1.165, 1.54) is 13.8 Å². The normalized spacial score (nSPS) is 22.9. The lowest BCUT2D eigenvalue weighted by atomic mass is 9.91. The Bertz CT molecular complexity index is 996. The maximum Gasteiger partial charge on any atom is 0.246 e. The number of nitrogens with one attached hydrogen (secondary N) is 3. The number of carbonyl (C=O) groups is 5. The van der Waals surface area contributed by atoms with Crippen LogP contribution in [0.3, 0.4) is 0 Å². The van der Waals surface area contributed by atoms with Crippen LogP contribution < -0.4 is 16.0 Å². The molecule has 196 valence electrons. The van der Waals surface area contributed by atoms with Gasteiger partial charge in [0.05, 0.1) is 6.04 Å². The number of ketones is 2. The summed E-state index contributed by atoms with van der Waals surface area (Å²) < 4.78 is 0. The van der Waals surface area contributed by atoms with Crippen molar-refractivity contribution in [2.45, 2.75) is 95.9 Å². The van der Waals surface area contributed by atoms with E-state index in [2.05, 4.69) is 16.0 Å².